The number of rotatable bonds is 12. The number of unbranched alkanes of at least 4 members (excludes halogenated alkanes) is 2. The van der Waals surface area contributed by atoms with E-state index in [2.05, 4.69) is 35.0 Å². The van der Waals surface area contributed by atoms with E-state index in [1.54, 1.807) is 4.90 Å². The molecule has 2 atom stereocenters. The monoisotopic (exact) mass is 544 g/mol. The van der Waals surface area contributed by atoms with Crippen molar-refractivity contribution in [3.8, 4) is 0 Å². The predicted molar refractivity (Wildman–Crippen MR) is 145 cm³/mol. The lowest BCUT2D eigenvalue weighted by molar-refractivity contribution is -0.143. The van der Waals surface area contributed by atoms with Gasteiger partial charge in [-0.1, -0.05) is 68.7 Å². The molecule has 0 radical (unpaired) electrons. The summed E-state index contributed by atoms with van der Waals surface area (Å²) >= 11 is 0. The average molecular weight is 545 g/mol. The Labute approximate surface area is 228 Å². The molecule has 39 heavy (non-hydrogen) atoms. The Kier molecular flexibility index (Phi) is 9.67. The van der Waals surface area contributed by atoms with Gasteiger partial charge in [0.25, 0.3) is 0 Å². The quantitative estimate of drug-likeness (QED) is 0.347. The van der Waals surface area contributed by atoms with E-state index in [4.69, 9.17) is 0 Å². The number of likely N-dealkylation sites (tertiary alicyclic amines) is 1. The fraction of sp³-hybridized carbons (Fsp3) is 0.533. The highest BCUT2D eigenvalue weighted by atomic mass is 19.4. The van der Waals surface area contributed by atoms with Gasteiger partial charge >= 0.3 is 6.18 Å². The first-order chi connectivity index (χ1) is 18.7. The lowest BCUT2D eigenvalue weighted by atomic mass is 9.70. The van der Waals surface area contributed by atoms with E-state index in [0.717, 1.165) is 44.4 Å². The highest BCUT2D eigenvalue weighted by Crippen LogP contribution is 2.40. The maximum Gasteiger partial charge on any atom is 0.416 e. The molecular weight excluding hydrogens is 505 g/mol. The van der Waals surface area contributed by atoms with Gasteiger partial charge in [0.15, 0.2) is 0 Å². The summed E-state index contributed by atoms with van der Waals surface area (Å²) in [6.45, 7) is 4.79. The van der Waals surface area contributed by atoms with Gasteiger partial charge in [-0.05, 0) is 36.1 Å². The number of halogens is 3. The zero-order chi connectivity index (χ0) is 27.9. The Morgan fingerprint density at radius 3 is 2.41 bits per heavy atom. The molecule has 2 heterocycles. The lowest BCUT2D eigenvalue weighted by Crippen LogP contribution is -2.64. The molecule has 2 aliphatic heterocycles. The Bertz CT molecular complexity index is 1080. The Hall–Kier alpha value is -2.91. The van der Waals surface area contributed by atoms with Crippen molar-refractivity contribution in [3.63, 3.8) is 0 Å². The minimum absolute atomic E-state index is 0.115. The predicted octanol–water partition coefficient (Wildman–Crippen LogP) is 4.39. The first kappa shape index (κ1) is 29.1. The van der Waals surface area contributed by atoms with Gasteiger partial charge < -0.3 is 20.9 Å². The van der Waals surface area contributed by atoms with Crippen LogP contribution < -0.4 is 16.0 Å². The first-order valence-corrected chi connectivity index (χ1v) is 13.9. The summed E-state index contributed by atoms with van der Waals surface area (Å²) in [5, 5.41) is 9.36. The van der Waals surface area contributed by atoms with E-state index in [1.165, 1.54) is 17.7 Å². The van der Waals surface area contributed by atoms with Crippen LogP contribution in [0.15, 0.2) is 54.6 Å². The van der Waals surface area contributed by atoms with Crippen molar-refractivity contribution >= 4 is 11.8 Å². The number of nitrogens with zero attached hydrogens (tertiary/aromatic N) is 1. The zero-order valence-corrected chi connectivity index (χ0v) is 22.5. The van der Waals surface area contributed by atoms with Crippen molar-refractivity contribution < 1.29 is 22.8 Å². The van der Waals surface area contributed by atoms with Gasteiger partial charge in [0, 0.05) is 50.6 Å². The average Bonchev–Trinajstić information content (AvgIpc) is 3.42. The number of hydrogen-bond acceptors (Lipinski definition) is 4. The van der Waals surface area contributed by atoms with Crippen LogP contribution in [0.5, 0.6) is 0 Å². The number of nitrogens with one attached hydrogen (secondary N) is 3. The normalized spacial score (nSPS) is 19.4. The second-order valence-electron chi connectivity index (χ2n) is 10.9. The van der Waals surface area contributed by atoms with Crippen molar-refractivity contribution in [2.75, 3.05) is 26.3 Å². The van der Waals surface area contributed by atoms with Crippen molar-refractivity contribution in [2.45, 2.75) is 75.5 Å². The Morgan fingerprint density at radius 1 is 1.08 bits per heavy atom. The van der Waals surface area contributed by atoms with Crippen molar-refractivity contribution in [1.29, 1.82) is 0 Å². The molecule has 0 aromatic heterocycles. The number of hydrogen-bond donors (Lipinski definition) is 3. The Morgan fingerprint density at radius 2 is 1.79 bits per heavy atom. The molecule has 2 aromatic carbocycles. The molecule has 3 N–H and O–H groups in total. The van der Waals surface area contributed by atoms with Crippen LogP contribution in [0.4, 0.5) is 13.2 Å². The fourth-order valence-electron chi connectivity index (χ4n) is 5.63. The van der Waals surface area contributed by atoms with Gasteiger partial charge in [-0.15, -0.1) is 0 Å². The van der Waals surface area contributed by atoms with Crippen LogP contribution in [0.3, 0.4) is 0 Å². The second kappa shape index (κ2) is 13.0. The summed E-state index contributed by atoms with van der Waals surface area (Å²) in [5.41, 5.74) is 0.932. The topological polar surface area (TPSA) is 73.5 Å². The largest absolute Gasteiger partial charge is 0.416 e. The molecule has 0 spiro atoms. The summed E-state index contributed by atoms with van der Waals surface area (Å²) in [5.74, 6) is -0.419. The van der Waals surface area contributed by atoms with Crippen LogP contribution in [0.2, 0.25) is 0 Å². The molecule has 0 bridgehead atoms. The molecule has 2 saturated heterocycles. The van der Waals surface area contributed by atoms with Gasteiger partial charge in [-0.25, -0.2) is 0 Å². The molecule has 6 nitrogen and oxygen atoms in total. The molecule has 9 heteroatoms. The van der Waals surface area contributed by atoms with Gasteiger partial charge in [0.2, 0.25) is 11.8 Å². The third kappa shape index (κ3) is 7.60. The molecule has 2 aromatic rings. The van der Waals surface area contributed by atoms with Crippen LogP contribution >= 0.6 is 0 Å². The summed E-state index contributed by atoms with van der Waals surface area (Å²) in [6.07, 6.45) is 0.898. The van der Waals surface area contributed by atoms with E-state index in [-0.39, 0.29) is 36.1 Å². The van der Waals surface area contributed by atoms with Crippen LogP contribution in [-0.4, -0.2) is 55.1 Å². The molecule has 4 rings (SSSR count). The van der Waals surface area contributed by atoms with Gasteiger partial charge in [0.1, 0.15) is 6.04 Å². The summed E-state index contributed by atoms with van der Waals surface area (Å²) in [7, 11) is 0. The van der Waals surface area contributed by atoms with Crippen molar-refractivity contribution in [1.82, 2.24) is 20.9 Å². The number of alkyl halides is 3. The number of benzene rings is 2. The second-order valence-corrected chi connectivity index (χ2v) is 10.9. The molecule has 2 aliphatic rings. The summed E-state index contributed by atoms with van der Waals surface area (Å²) < 4.78 is 39.2. The zero-order valence-electron chi connectivity index (χ0n) is 22.5. The summed E-state index contributed by atoms with van der Waals surface area (Å²) in [6, 6.07) is 14.4. The lowest BCUT2D eigenvalue weighted by Gasteiger charge is -2.52. The maximum absolute atomic E-state index is 13.7. The standard InChI is InChI=1S/C30H39F3N4O2/c1-2-3-7-16-29(23-8-5-4-6-9-23)19-37(20-29)28(39)26(36-27(38)15-14-25-18-34-21-35-25)17-22-10-12-24(13-11-22)30(31,32)33/h4-6,8-13,25-26,34-35H,2-3,7,14-21H2,1H3,(H,36,38)/t25?,26-/m1/s1. The SMILES string of the molecule is CCCCCC1(c2ccccc2)CN(C(=O)[C@@H](Cc2ccc(C(F)(F)F)cc2)NC(=O)CCC2CNCN2)C1. The molecule has 0 saturated carbocycles. The molecular formula is C30H39F3N4O2. The first-order valence-electron chi connectivity index (χ1n) is 13.9. The van der Waals surface area contributed by atoms with E-state index < -0.39 is 17.8 Å². The van der Waals surface area contributed by atoms with E-state index in [0.29, 0.717) is 31.7 Å². The highest BCUT2D eigenvalue weighted by molar-refractivity contribution is 5.88. The van der Waals surface area contributed by atoms with Gasteiger partial charge in [-0.3, -0.25) is 9.59 Å². The minimum atomic E-state index is -4.43. The van der Waals surface area contributed by atoms with Gasteiger partial charge in [0.05, 0.1) is 5.56 Å². The van der Waals surface area contributed by atoms with Crippen LogP contribution in [0.25, 0.3) is 0 Å². The Balaban J connectivity index is 1.46. The molecule has 2 fully saturated rings. The molecule has 2 amide bonds. The third-order valence-corrected chi connectivity index (χ3v) is 7.92. The summed E-state index contributed by atoms with van der Waals surface area (Å²) in [4.78, 5) is 28.4. The van der Waals surface area contributed by atoms with Crippen LogP contribution in [-0.2, 0) is 27.6 Å². The molecule has 212 valence electrons. The maximum atomic E-state index is 13.7. The highest BCUT2D eigenvalue weighted by Gasteiger charge is 2.47. The van der Waals surface area contributed by atoms with Crippen LogP contribution in [0, 0.1) is 0 Å². The van der Waals surface area contributed by atoms with Crippen LogP contribution in [0.1, 0.15) is 62.1 Å². The molecule has 0 aliphatic carbocycles. The third-order valence-electron chi connectivity index (χ3n) is 7.92. The van der Waals surface area contributed by atoms with E-state index in [9.17, 15) is 22.8 Å². The van der Waals surface area contributed by atoms with E-state index in [1.807, 2.05) is 18.2 Å². The van der Waals surface area contributed by atoms with Crippen molar-refractivity contribution in [2.24, 2.45) is 0 Å². The fourth-order valence-corrected chi connectivity index (χ4v) is 5.63. The number of amides is 2. The van der Waals surface area contributed by atoms with Crippen molar-refractivity contribution in [3.05, 3.63) is 71.3 Å². The van der Waals surface area contributed by atoms with E-state index >= 15 is 0 Å². The smallest absolute Gasteiger partial charge is 0.344 e. The molecule has 1 unspecified atom stereocenters. The number of carbonyl (C=O) groups is 2. The number of carbonyl (C=O) groups excluding carboxylic acids is 2. The minimum Gasteiger partial charge on any atom is -0.344 e. The van der Waals surface area contributed by atoms with Gasteiger partial charge in [-0.2, -0.15) is 13.2 Å².